The van der Waals surface area contributed by atoms with Crippen LogP contribution in [0, 0.1) is 0 Å². The number of hydrogen-bond acceptors (Lipinski definition) is 4. The first-order valence-corrected chi connectivity index (χ1v) is 5.59. The SMILES string of the molecule is CC(c1cccc(N=C=O)c1)S(=O)(=O)O. The van der Waals surface area contributed by atoms with Crippen LogP contribution < -0.4 is 0 Å². The highest BCUT2D eigenvalue weighted by molar-refractivity contribution is 7.86. The van der Waals surface area contributed by atoms with E-state index in [9.17, 15) is 13.2 Å². The molecule has 1 unspecified atom stereocenters. The number of aliphatic imine (C=N–C) groups is 1. The number of carbonyl (C=O) groups excluding carboxylic acids is 1. The first-order chi connectivity index (χ1) is 6.95. The van der Waals surface area contributed by atoms with Crippen LogP contribution in [0.2, 0.25) is 0 Å². The fourth-order valence-electron chi connectivity index (χ4n) is 1.07. The Balaban J connectivity index is 3.16. The number of hydrogen-bond donors (Lipinski definition) is 1. The van der Waals surface area contributed by atoms with Gasteiger partial charge in [-0.3, -0.25) is 4.55 Å². The van der Waals surface area contributed by atoms with E-state index in [4.69, 9.17) is 4.55 Å². The predicted octanol–water partition coefficient (Wildman–Crippen LogP) is 1.60. The Bertz CT molecular complexity index is 503. The maximum atomic E-state index is 10.8. The molecule has 1 aromatic rings. The zero-order chi connectivity index (χ0) is 11.5. The van der Waals surface area contributed by atoms with Crippen molar-refractivity contribution in [1.82, 2.24) is 0 Å². The van der Waals surface area contributed by atoms with Crippen LogP contribution in [0.3, 0.4) is 0 Å². The molecule has 0 aliphatic rings. The first-order valence-electron chi connectivity index (χ1n) is 4.09. The minimum atomic E-state index is -4.13. The molecule has 0 aliphatic heterocycles. The van der Waals surface area contributed by atoms with Crippen molar-refractivity contribution in [2.75, 3.05) is 0 Å². The second-order valence-electron chi connectivity index (χ2n) is 2.96. The van der Waals surface area contributed by atoms with Crippen molar-refractivity contribution in [3.05, 3.63) is 29.8 Å². The third kappa shape index (κ3) is 2.99. The van der Waals surface area contributed by atoms with Gasteiger partial charge < -0.3 is 0 Å². The van der Waals surface area contributed by atoms with Gasteiger partial charge in [-0.15, -0.1) is 0 Å². The summed E-state index contributed by atoms with van der Waals surface area (Å²) in [7, 11) is -4.13. The van der Waals surface area contributed by atoms with Crippen LogP contribution in [0.15, 0.2) is 29.3 Å². The average Bonchev–Trinajstić information content (AvgIpc) is 2.16. The quantitative estimate of drug-likeness (QED) is 0.483. The molecule has 0 saturated carbocycles. The van der Waals surface area contributed by atoms with Crippen molar-refractivity contribution in [2.45, 2.75) is 12.2 Å². The van der Waals surface area contributed by atoms with E-state index in [-0.39, 0.29) is 0 Å². The van der Waals surface area contributed by atoms with Crippen LogP contribution in [-0.4, -0.2) is 19.1 Å². The lowest BCUT2D eigenvalue weighted by Crippen LogP contribution is -2.07. The molecular weight excluding hydrogens is 218 g/mol. The number of rotatable bonds is 3. The Morgan fingerprint density at radius 3 is 2.67 bits per heavy atom. The Morgan fingerprint density at radius 2 is 2.13 bits per heavy atom. The lowest BCUT2D eigenvalue weighted by Gasteiger charge is -2.07. The van der Waals surface area contributed by atoms with E-state index in [1.54, 1.807) is 6.07 Å². The molecule has 0 bridgehead atoms. The molecule has 0 aliphatic carbocycles. The molecule has 0 spiro atoms. The molecule has 6 heteroatoms. The van der Waals surface area contributed by atoms with Gasteiger partial charge in [0.1, 0.15) is 5.25 Å². The molecule has 1 rings (SSSR count). The Labute approximate surface area is 87.2 Å². The van der Waals surface area contributed by atoms with Gasteiger partial charge >= 0.3 is 0 Å². The molecule has 0 saturated heterocycles. The van der Waals surface area contributed by atoms with Gasteiger partial charge in [0.2, 0.25) is 6.08 Å². The maximum absolute atomic E-state index is 10.8. The van der Waals surface area contributed by atoms with Crippen LogP contribution in [0.5, 0.6) is 0 Å². The molecule has 1 N–H and O–H groups in total. The van der Waals surface area contributed by atoms with Crippen LogP contribution in [0.1, 0.15) is 17.7 Å². The Morgan fingerprint density at radius 1 is 1.47 bits per heavy atom. The van der Waals surface area contributed by atoms with E-state index in [1.165, 1.54) is 31.2 Å². The molecule has 0 amide bonds. The standard InChI is InChI=1S/C9H9NO4S/c1-7(15(12,13)14)8-3-2-4-9(5-8)10-6-11/h2-5,7H,1H3,(H,12,13,14). The highest BCUT2D eigenvalue weighted by Crippen LogP contribution is 2.24. The van der Waals surface area contributed by atoms with Crippen molar-refractivity contribution in [3.63, 3.8) is 0 Å². The number of benzene rings is 1. The topological polar surface area (TPSA) is 83.8 Å². The van der Waals surface area contributed by atoms with Gasteiger partial charge in [0.15, 0.2) is 0 Å². The van der Waals surface area contributed by atoms with E-state index < -0.39 is 15.4 Å². The number of isocyanates is 1. The van der Waals surface area contributed by atoms with Gasteiger partial charge in [0.25, 0.3) is 10.1 Å². The monoisotopic (exact) mass is 227 g/mol. The van der Waals surface area contributed by atoms with Gasteiger partial charge in [0.05, 0.1) is 5.69 Å². The summed E-state index contributed by atoms with van der Waals surface area (Å²) in [5.41, 5.74) is 0.673. The zero-order valence-electron chi connectivity index (χ0n) is 7.91. The smallest absolute Gasteiger partial charge is 0.271 e. The van der Waals surface area contributed by atoms with Crippen LogP contribution in [0.25, 0.3) is 0 Å². The van der Waals surface area contributed by atoms with Gasteiger partial charge in [-0.1, -0.05) is 12.1 Å². The third-order valence-corrected chi connectivity index (χ3v) is 3.13. The summed E-state index contributed by atoms with van der Waals surface area (Å²) in [6.45, 7) is 1.35. The summed E-state index contributed by atoms with van der Waals surface area (Å²) in [6, 6.07) is 6.02. The summed E-state index contributed by atoms with van der Waals surface area (Å²) in [5.74, 6) is 0. The molecule has 1 atom stereocenters. The van der Waals surface area contributed by atoms with Gasteiger partial charge in [-0.2, -0.15) is 13.4 Å². The molecule has 0 fully saturated rings. The van der Waals surface area contributed by atoms with Crippen molar-refractivity contribution >= 4 is 21.9 Å². The minimum Gasteiger partial charge on any atom is -0.285 e. The molecule has 0 heterocycles. The first kappa shape index (κ1) is 11.6. The second kappa shape index (κ2) is 4.35. The highest BCUT2D eigenvalue weighted by atomic mass is 32.2. The molecule has 1 aromatic carbocycles. The Kier molecular flexibility index (Phi) is 3.36. The summed E-state index contributed by atoms with van der Waals surface area (Å²) in [6.07, 6.45) is 1.35. The van der Waals surface area contributed by atoms with E-state index in [0.717, 1.165) is 0 Å². The molecule has 15 heavy (non-hydrogen) atoms. The van der Waals surface area contributed by atoms with E-state index in [1.807, 2.05) is 0 Å². The van der Waals surface area contributed by atoms with Gasteiger partial charge in [-0.25, -0.2) is 4.79 Å². The normalized spacial score (nSPS) is 12.9. The van der Waals surface area contributed by atoms with Crippen molar-refractivity contribution < 1.29 is 17.8 Å². The van der Waals surface area contributed by atoms with Crippen LogP contribution >= 0.6 is 0 Å². The van der Waals surface area contributed by atoms with Crippen molar-refractivity contribution in [1.29, 1.82) is 0 Å². The summed E-state index contributed by atoms with van der Waals surface area (Å²) >= 11 is 0. The maximum Gasteiger partial charge on any atom is 0.271 e. The van der Waals surface area contributed by atoms with E-state index in [2.05, 4.69) is 4.99 Å². The fraction of sp³-hybridized carbons (Fsp3) is 0.222. The summed E-state index contributed by atoms with van der Waals surface area (Å²) in [5, 5.41) is -1.04. The van der Waals surface area contributed by atoms with E-state index in [0.29, 0.717) is 11.3 Å². The minimum absolute atomic E-state index is 0.304. The van der Waals surface area contributed by atoms with Crippen molar-refractivity contribution in [3.8, 4) is 0 Å². The van der Waals surface area contributed by atoms with E-state index >= 15 is 0 Å². The summed E-state index contributed by atoms with van der Waals surface area (Å²) in [4.78, 5) is 13.3. The van der Waals surface area contributed by atoms with Crippen LogP contribution in [0.4, 0.5) is 5.69 Å². The van der Waals surface area contributed by atoms with Gasteiger partial charge in [-0.05, 0) is 24.6 Å². The molecular formula is C9H9NO4S. The molecule has 0 aromatic heterocycles. The van der Waals surface area contributed by atoms with Crippen LogP contribution in [-0.2, 0) is 14.9 Å². The molecule has 0 radical (unpaired) electrons. The predicted molar refractivity (Wildman–Crippen MR) is 54.2 cm³/mol. The molecule has 5 nitrogen and oxygen atoms in total. The van der Waals surface area contributed by atoms with Gasteiger partial charge in [0, 0.05) is 0 Å². The largest absolute Gasteiger partial charge is 0.285 e. The average molecular weight is 227 g/mol. The number of nitrogens with zero attached hydrogens (tertiary/aromatic N) is 1. The summed E-state index contributed by atoms with van der Waals surface area (Å²) < 4.78 is 30.5. The third-order valence-electron chi connectivity index (χ3n) is 1.96. The second-order valence-corrected chi connectivity index (χ2v) is 4.69. The van der Waals surface area contributed by atoms with Crippen molar-refractivity contribution in [2.24, 2.45) is 4.99 Å². The zero-order valence-corrected chi connectivity index (χ0v) is 8.73. The lowest BCUT2D eigenvalue weighted by molar-refractivity contribution is 0.472. The Hall–Kier alpha value is -1.49. The highest BCUT2D eigenvalue weighted by Gasteiger charge is 2.19. The molecule has 80 valence electrons. The lowest BCUT2D eigenvalue weighted by atomic mass is 10.1. The fourth-order valence-corrected chi connectivity index (χ4v) is 1.56.